The normalized spacial score (nSPS) is 23.6. The van der Waals surface area contributed by atoms with Crippen molar-refractivity contribution >= 4 is 11.6 Å². The van der Waals surface area contributed by atoms with Crippen molar-refractivity contribution in [2.75, 3.05) is 31.6 Å². The molecule has 20 heavy (non-hydrogen) atoms. The van der Waals surface area contributed by atoms with E-state index in [9.17, 15) is 9.18 Å². The molecule has 0 saturated carbocycles. The third kappa shape index (κ3) is 4.00. The first kappa shape index (κ1) is 14.9. The number of nitrogens with zero attached hydrogens (tertiary/aromatic N) is 1. The zero-order valence-corrected chi connectivity index (χ0v) is 11.4. The number of morpholine rings is 1. The van der Waals surface area contributed by atoms with Crippen LogP contribution >= 0.6 is 0 Å². The Balaban J connectivity index is 1.89. The highest BCUT2D eigenvalue weighted by Gasteiger charge is 2.26. The largest absolute Gasteiger partial charge is 0.394 e. The van der Waals surface area contributed by atoms with Gasteiger partial charge in [-0.25, -0.2) is 4.39 Å². The Morgan fingerprint density at radius 3 is 2.95 bits per heavy atom. The lowest BCUT2D eigenvalue weighted by atomic mass is 10.2. The van der Waals surface area contributed by atoms with E-state index >= 15 is 0 Å². The number of carbonyl (C=O) groups is 1. The summed E-state index contributed by atoms with van der Waals surface area (Å²) in [5, 5.41) is 11.7. The quantitative estimate of drug-likeness (QED) is 0.859. The second-order valence-corrected chi connectivity index (χ2v) is 4.97. The Hall–Kier alpha value is -1.50. The molecular formula is C14H19FN2O3. The fraction of sp³-hybridized carbons (Fsp3) is 0.500. The molecule has 0 radical (unpaired) electrons. The van der Waals surface area contributed by atoms with Gasteiger partial charge in [-0.05, 0) is 19.1 Å². The van der Waals surface area contributed by atoms with Crippen LogP contribution in [-0.4, -0.2) is 54.4 Å². The van der Waals surface area contributed by atoms with Gasteiger partial charge >= 0.3 is 0 Å². The number of para-hydroxylation sites is 1. The van der Waals surface area contributed by atoms with E-state index in [0.717, 1.165) is 0 Å². The second-order valence-electron chi connectivity index (χ2n) is 4.97. The van der Waals surface area contributed by atoms with Crippen LogP contribution in [0.2, 0.25) is 0 Å². The molecule has 2 N–H and O–H groups in total. The highest BCUT2D eigenvalue weighted by Crippen LogP contribution is 2.14. The SMILES string of the molecule is CC1CN(CC(=O)Nc2ccccc2F)CC(CO)O1. The number of carbonyl (C=O) groups excluding carboxylic acids is 1. The molecule has 1 aromatic rings. The third-order valence-electron chi connectivity index (χ3n) is 3.12. The van der Waals surface area contributed by atoms with E-state index in [1.54, 1.807) is 12.1 Å². The molecule has 0 aliphatic carbocycles. The van der Waals surface area contributed by atoms with Crippen LogP contribution in [0.5, 0.6) is 0 Å². The molecule has 1 aliphatic rings. The number of rotatable bonds is 4. The summed E-state index contributed by atoms with van der Waals surface area (Å²) in [4.78, 5) is 13.8. The molecule has 110 valence electrons. The Bertz CT molecular complexity index is 469. The fourth-order valence-corrected chi connectivity index (χ4v) is 2.33. The van der Waals surface area contributed by atoms with Gasteiger partial charge in [0.25, 0.3) is 0 Å². The molecule has 0 bridgehead atoms. The second kappa shape index (κ2) is 6.78. The first-order valence-corrected chi connectivity index (χ1v) is 6.61. The molecule has 1 aromatic carbocycles. The average Bonchev–Trinajstić information content (AvgIpc) is 2.40. The van der Waals surface area contributed by atoms with Crippen LogP contribution in [0.3, 0.4) is 0 Å². The molecule has 6 heteroatoms. The van der Waals surface area contributed by atoms with Crippen LogP contribution in [-0.2, 0) is 9.53 Å². The summed E-state index contributed by atoms with van der Waals surface area (Å²) in [7, 11) is 0. The summed E-state index contributed by atoms with van der Waals surface area (Å²) < 4.78 is 18.9. The van der Waals surface area contributed by atoms with Crippen LogP contribution in [0, 0.1) is 5.82 Å². The lowest BCUT2D eigenvalue weighted by molar-refractivity contribution is -0.124. The highest BCUT2D eigenvalue weighted by atomic mass is 19.1. The monoisotopic (exact) mass is 282 g/mol. The van der Waals surface area contributed by atoms with Gasteiger partial charge in [-0.1, -0.05) is 12.1 Å². The van der Waals surface area contributed by atoms with Gasteiger partial charge in [0.15, 0.2) is 0 Å². The average molecular weight is 282 g/mol. The molecular weight excluding hydrogens is 263 g/mol. The third-order valence-corrected chi connectivity index (χ3v) is 3.12. The van der Waals surface area contributed by atoms with Crippen LogP contribution in [0.15, 0.2) is 24.3 Å². The van der Waals surface area contributed by atoms with E-state index in [1.807, 2.05) is 11.8 Å². The van der Waals surface area contributed by atoms with Gasteiger partial charge < -0.3 is 15.2 Å². The highest BCUT2D eigenvalue weighted by molar-refractivity contribution is 5.92. The molecule has 5 nitrogen and oxygen atoms in total. The van der Waals surface area contributed by atoms with Gasteiger partial charge in [-0.3, -0.25) is 9.69 Å². The van der Waals surface area contributed by atoms with Crippen molar-refractivity contribution in [2.24, 2.45) is 0 Å². The number of aliphatic hydroxyl groups excluding tert-OH is 1. The van der Waals surface area contributed by atoms with E-state index in [4.69, 9.17) is 9.84 Å². The molecule has 1 heterocycles. The van der Waals surface area contributed by atoms with Crippen molar-refractivity contribution in [1.82, 2.24) is 4.90 Å². The Labute approximate surface area is 117 Å². The minimum Gasteiger partial charge on any atom is -0.394 e. The zero-order valence-electron chi connectivity index (χ0n) is 11.4. The van der Waals surface area contributed by atoms with Crippen molar-refractivity contribution in [2.45, 2.75) is 19.1 Å². The van der Waals surface area contributed by atoms with Crippen LogP contribution in [0.1, 0.15) is 6.92 Å². The number of hydrogen-bond acceptors (Lipinski definition) is 4. The van der Waals surface area contributed by atoms with E-state index in [-0.39, 0.29) is 37.0 Å². The van der Waals surface area contributed by atoms with Crippen LogP contribution < -0.4 is 5.32 Å². The van der Waals surface area contributed by atoms with Crippen molar-refractivity contribution in [3.05, 3.63) is 30.1 Å². The first-order valence-electron chi connectivity index (χ1n) is 6.61. The van der Waals surface area contributed by atoms with Gasteiger partial charge in [0.1, 0.15) is 5.82 Å². The number of nitrogens with one attached hydrogen (secondary N) is 1. The number of anilines is 1. The van der Waals surface area contributed by atoms with Crippen LogP contribution in [0.25, 0.3) is 0 Å². The van der Waals surface area contributed by atoms with Crippen molar-refractivity contribution in [3.63, 3.8) is 0 Å². The standard InChI is InChI=1S/C14H19FN2O3/c1-10-6-17(7-11(9-18)20-10)8-14(19)16-13-5-3-2-4-12(13)15/h2-5,10-11,18H,6-9H2,1H3,(H,16,19). The summed E-state index contributed by atoms with van der Waals surface area (Å²) in [5.41, 5.74) is 0.178. The molecule has 2 atom stereocenters. The summed E-state index contributed by atoms with van der Waals surface area (Å²) in [5.74, 6) is -0.731. The summed E-state index contributed by atoms with van der Waals surface area (Å²) in [6.45, 7) is 3.07. The molecule has 1 amide bonds. The number of aliphatic hydroxyl groups is 1. The first-order chi connectivity index (χ1) is 9.58. The summed E-state index contributed by atoms with van der Waals surface area (Å²) >= 11 is 0. The smallest absolute Gasteiger partial charge is 0.238 e. The summed E-state index contributed by atoms with van der Waals surface area (Å²) in [6, 6.07) is 6.05. The van der Waals surface area contributed by atoms with Gasteiger partial charge in [-0.2, -0.15) is 0 Å². The maximum absolute atomic E-state index is 13.4. The lowest BCUT2D eigenvalue weighted by Crippen LogP contribution is -2.50. The fourth-order valence-electron chi connectivity index (χ4n) is 2.33. The van der Waals surface area contributed by atoms with Gasteiger partial charge in [-0.15, -0.1) is 0 Å². The number of ether oxygens (including phenoxy) is 1. The predicted molar refractivity (Wildman–Crippen MR) is 72.9 cm³/mol. The van der Waals surface area contributed by atoms with Gasteiger partial charge in [0.2, 0.25) is 5.91 Å². The topological polar surface area (TPSA) is 61.8 Å². The van der Waals surface area contributed by atoms with Crippen molar-refractivity contribution in [1.29, 1.82) is 0 Å². The molecule has 1 saturated heterocycles. The summed E-state index contributed by atoms with van der Waals surface area (Å²) in [6.07, 6.45) is -0.317. The molecule has 1 aliphatic heterocycles. The maximum atomic E-state index is 13.4. The van der Waals surface area contributed by atoms with E-state index in [2.05, 4.69) is 5.32 Å². The van der Waals surface area contributed by atoms with Crippen molar-refractivity contribution < 1.29 is 19.0 Å². The van der Waals surface area contributed by atoms with E-state index in [0.29, 0.717) is 13.1 Å². The minimum atomic E-state index is -0.454. The molecule has 0 spiro atoms. The Kier molecular flexibility index (Phi) is 5.05. The molecule has 2 unspecified atom stereocenters. The Morgan fingerprint density at radius 2 is 2.25 bits per heavy atom. The maximum Gasteiger partial charge on any atom is 0.238 e. The number of halogens is 1. The predicted octanol–water partition coefficient (Wildman–Crippen LogP) is 0.846. The number of benzene rings is 1. The van der Waals surface area contributed by atoms with Crippen molar-refractivity contribution in [3.8, 4) is 0 Å². The van der Waals surface area contributed by atoms with E-state index in [1.165, 1.54) is 12.1 Å². The molecule has 2 rings (SSSR count). The molecule has 1 fully saturated rings. The lowest BCUT2D eigenvalue weighted by Gasteiger charge is -2.35. The Morgan fingerprint density at radius 1 is 1.50 bits per heavy atom. The van der Waals surface area contributed by atoms with Gasteiger partial charge in [0.05, 0.1) is 31.0 Å². The number of hydrogen-bond donors (Lipinski definition) is 2. The van der Waals surface area contributed by atoms with Gasteiger partial charge in [0, 0.05) is 13.1 Å². The minimum absolute atomic E-state index is 0.0397. The zero-order chi connectivity index (χ0) is 14.5. The van der Waals surface area contributed by atoms with E-state index < -0.39 is 5.82 Å². The number of amides is 1. The van der Waals surface area contributed by atoms with Crippen LogP contribution in [0.4, 0.5) is 10.1 Å². The molecule has 0 aromatic heterocycles.